The number of benzene rings is 2. The average molecular weight is 502 g/mol. The molecular formula is C25H31N3O4S2. The van der Waals surface area contributed by atoms with Gasteiger partial charge in [0.1, 0.15) is 0 Å². The van der Waals surface area contributed by atoms with Crippen LogP contribution in [0.25, 0.3) is 11.1 Å². The number of aromatic nitrogens is 2. The van der Waals surface area contributed by atoms with Crippen LogP contribution >= 0.6 is 11.8 Å². The van der Waals surface area contributed by atoms with Crippen LogP contribution in [-0.4, -0.2) is 42.7 Å². The van der Waals surface area contributed by atoms with Crippen molar-refractivity contribution >= 4 is 27.9 Å². The number of rotatable bonds is 11. The van der Waals surface area contributed by atoms with Crippen LogP contribution in [0.1, 0.15) is 43.9 Å². The molecule has 2 aromatic carbocycles. The molecule has 9 heteroatoms. The summed E-state index contributed by atoms with van der Waals surface area (Å²) in [6.45, 7) is 4.98. The van der Waals surface area contributed by atoms with Crippen molar-refractivity contribution < 1.29 is 17.9 Å². The van der Waals surface area contributed by atoms with Gasteiger partial charge in [0.25, 0.3) is 10.0 Å². The zero-order chi connectivity index (χ0) is 24.6. The fourth-order valence-electron chi connectivity index (χ4n) is 3.50. The third kappa shape index (κ3) is 6.87. The number of hydrogen-bond acceptors (Lipinski definition) is 6. The van der Waals surface area contributed by atoms with Crippen molar-refractivity contribution in [1.29, 1.82) is 0 Å². The molecule has 0 spiro atoms. The zero-order valence-corrected chi connectivity index (χ0v) is 21.4. The highest BCUT2D eigenvalue weighted by Gasteiger charge is 2.22. The first-order valence-electron chi connectivity index (χ1n) is 11.2. The molecule has 0 bridgehead atoms. The average Bonchev–Trinajstić information content (AvgIpc) is 3.28. The maximum Gasteiger partial charge on any atom is 0.421 e. The van der Waals surface area contributed by atoms with E-state index in [9.17, 15) is 13.2 Å². The Morgan fingerprint density at radius 3 is 2.62 bits per heavy atom. The fourth-order valence-corrected chi connectivity index (χ4v) is 5.29. The third-order valence-electron chi connectivity index (χ3n) is 5.33. The van der Waals surface area contributed by atoms with Crippen LogP contribution in [0.4, 0.5) is 4.79 Å². The highest BCUT2D eigenvalue weighted by Crippen LogP contribution is 2.28. The van der Waals surface area contributed by atoms with Crippen LogP contribution in [0.2, 0.25) is 0 Å². The van der Waals surface area contributed by atoms with E-state index < -0.39 is 16.1 Å². The molecule has 1 unspecified atom stereocenters. The molecule has 182 valence electrons. The van der Waals surface area contributed by atoms with Crippen LogP contribution in [-0.2, 0) is 21.3 Å². The molecule has 0 aliphatic carbocycles. The lowest BCUT2D eigenvalue weighted by Gasteiger charge is -2.12. The Balaban J connectivity index is 1.74. The highest BCUT2D eigenvalue weighted by molar-refractivity contribution is 7.98. The summed E-state index contributed by atoms with van der Waals surface area (Å²) in [5, 5.41) is 0. The third-order valence-corrected chi connectivity index (χ3v) is 7.53. The van der Waals surface area contributed by atoms with Gasteiger partial charge in [-0.05, 0) is 29.9 Å². The number of carbonyl (C=O) groups excluding carboxylic acids is 1. The number of nitrogens with zero attached hydrogens (tertiary/aromatic N) is 2. The molecule has 3 aromatic rings. The van der Waals surface area contributed by atoms with Crippen LogP contribution in [0.5, 0.6) is 0 Å². The summed E-state index contributed by atoms with van der Waals surface area (Å²) in [5.74, 6) is 1.42. The monoisotopic (exact) mass is 501 g/mol. The number of thioether (sulfide) groups is 1. The maximum atomic E-state index is 12.9. The predicted octanol–water partition coefficient (Wildman–Crippen LogP) is 5.28. The second-order valence-electron chi connectivity index (χ2n) is 8.12. The molecule has 34 heavy (non-hydrogen) atoms. The van der Waals surface area contributed by atoms with Gasteiger partial charge in [-0.15, -0.1) is 0 Å². The first-order chi connectivity index (χ1) is 16.3. The van der Waals surface area contributed by atoms with Crippen LogP contribution in [0.15, 0.2) is 66.0 Å². The van der Waals surface area contributed by atoms with Gasteiger partial charge in [-0.1, -0.05) is 62.7 Å². The van der Waals surface area contributed by atoms with Gasteiger partial charge >= 0.3 is 6.09 Å². The van der Waals surface area contributed by atoms with Gasteiger partial charge in [0.2, 0.25) is 0 Å². The Kier molecular flexibility index (Phi) is 9.18. The van der Waals surface area contributed by atoms with E-state index in [1.807, 2.05) is 46.8 Å². The maximum absolute atomic E-state index is 12.9. The number of sulfonamides is 1. The van der Waals surface area contributed by atoms with Crippen molar-refractivity contribution in [3.63, 3.8) is 0 Å². The quantitative estimate of drug-likeness (QED) is 0.360. The molecule has 1 aromatic heterocycles. The molecule has 1 amide bonds. The van der Waals surface area contributed by atoms with Crippen molar-refractivity contribution in [1.82, 2.24) is 14.3 Å². The molecule has 0 fully saturated rings. The molecular weight excluding hydrogens is 470 g/mol. The zero-order valence-electron chi connectivity index (χ0n) is 19.7. The number of carbonyl (C=O) groups is 1. The molecule has 1 heterocycles. The second kappa shape index (κ2) is 12.1. The first-order valence-corrected chi connectivity index (χ1v) is 14.1. The number of imidazole rings is 1. The first kappa shape index (κ1) is 25.8. The van der Waals surface area contributed by atoms with Gasteiger partial charge in [0, 0.05) is 30.0 Å². The van der Waals surface area contributed by atoms with E-state index in [-0.39, 0.29) is 11.5 Å². The number of nitrogens with one attached hydrogen (secondary N) is 1. The van der Waals surface area contributed by atoms with Crippen molar-refractivity contribution in [2.24, 2.45) is 0 Å². The molecule has 0 saturated heterocycles. The Labute approximate surface area is 206 Å². The Hall–Kier alpha value is -2.78. The van der Waals surface area contributed by atoms with Gasteiger partial charge in [-0.25, -0.2) is 22.9 Å². The van der Waals surface area contributed by atoms with Gasteiger partial charge in [-0.2, -0.15) is 11.8 Å². The van der Waals surface area contributed by atoms with E-state index in [0.717, 1.165) is 29.0 Å². The minimum Gasteiger partial charge on any atom is -0.449 e. The second-order valence-corrected chi connectivity index (χ2v) is 10.7. The minimum atomic E-state index is -4.08. The Morgan fingerprint density at radius 1 is 1.18 bits per heavy atom. The van der Waals surface area contributed by atoms with E-state index in [2.05, 4.69) is 24.4 Å². The topological polar surface area (TPSA) is 90.3 Å². The summed E-state index contributed by atoms with van der Waals surface area (Å²) in [6, 6.07) is 14.3. The molecule has 3 rings (SSSR count). The fraction of sp³-hybridized carbons (Fsp3) is 0.360. The molecule has 0 saturated carbocycles. The molecule has 1 atom stereocenters. The van der Waals surface area contributed by atoms with Gasteiger partial charge in [0.05, 0.1) is 23.5 Å². The summed E-state index contributed by atoms with van der Waals surface area (Å²) in [5.41, 5.74) is 3.40. The Bertz CT molecular complexity index is 1190. The minimum absolute atomic E-state index is 0.0252. The van der Waals surface area contributed by atoms with Crippen LogP contribution in [0.3, 0.4) is 0 Å². The summed E-state index contributed by atoms with van der Waals surface area (Å²) in [4.78, 5) is 16.5. The predicted molar refractivity (Wildman–Crippen MR) is 137 cm³/mol. The SMILES string of the molecule is CCCCOC(=O)NS(=O)(=O)c1ccccc1-c1ccc(Cn2cnc(C(C)CSC)c2)cc1. The van der Waals surface area contributed by atoms with E-state index in [4.69, 9.17) is 4.74 Å². The summed E-state index contributed by atoms with van der Waals surface area (Å²) >= 11 is 1.81. The molecule has 0 radical (unpaired) electrons. The van der Waals surface area contributed by atoms with Gasteiger partial charge < -0.3 is 9.30 Å². The molecule has 1 N–H and O–H groups in total. The summed E-state index contributed by atoms with van der Waals surface area (Å²) in [6.07, 6.45) is 6.55. The van der Waals surface area contributed by atoms with E-state index in [1.165, 1.54) is 6.07 Å². The lowest BCUT2D eigenvalue weighted by Crippen LogP contribution is -2.31. The summed E-state index contributed by atoms with van der Waals surface area (Å²) in [7, 11) is -4.08. The van der Waals surface area contributed by atoms with Gasteiger partial charge in [-0.3, -0.25) is 0 Å². The van der Waals surface area contributed by atoms with E-state index in [1.54, 1.807) is 30.0 Å². The molecule has 0 aliphatic rings. The van der Waals surface area contributed by atoms with Gasteiger partial charge in [0.15, 0.2) is 0 Å². The standard InChI is InChI=1S/C25H31N3O4S2/c1-4-5-14-32-25(29)27-34(30,31)24-9-7-6-8-22(24)21-12-10-20(11-13-21)15-28-16-23(26-18-28)19(2)17-33-3/h6-13,16,18-19H,4-5,14-15,17H2,1-3H3,(H,27,29). The molecule has 7 nitrogen and oxygen atoms in total. The summed E-state index contributed by atoms with van der Waals surface area (Å²) < 4.78 is 34.7. The van der Waals surface area contributed by atoms with E-state index in [0.29, 0.717) is 24.4 Å². The number of unbranched alkanes of at least 4 members (excludes halogenated alkanes) is 1. The number of hydrogen-bond donors (Lipinski definition) is 1. The molecule has 0 aliphatic heterocycles. The lowest BCUT2D eigenvalue weighted by molar-refractivity contribution is 0.151. The van der Waals surface area contributed by atoms with Crippen molar-refractivity contribution in [2.45, 2.75) is 44.0 Å². The highest BCUT2D eigenvalue weighted by atomic mass is 32.2. The van der Waals surface area contributed by atoms with Crippen molar-refractivity contribution in [3.8, 4) is 11.1 Å². The normalized spacial score (nSPS) is 12.3. The van der Waals surface area contributed by atoms with Crippen LogP contribution < -0.4 is 4.72 Å². The van der Waals surface area contributed by atoms with E-state index >= 15 is 0 Å². The van der Waals surface area contributed by atoms with Crippen molar-refractivity contribution in [3.05, 3.63) is 72.3 Å². The number of amides is 1. The Morgan fingerprint density at radius 2 is 1.91 bits per heavy atom. The smallest absolute Gasteiger partial charge is 0.421 e. The lowest BCUT2D eigenvalue weighted by atomic mass is 10.0. The van der Waals surface area contributed by atoms with Crippen molar-refractivity contribution in [2.75, 3.05) is 18.6 Å². The largest absolute Gasteiger partial charge is 0.449 e. The number of ether oxygens (including phenoxy) is 1. The van der Waals surface area contributed by atoms with Crippen LogP contribution in [0, 0.1) is 0 Å².